The summed E-state index contributed by atoms with van der Waals surface area (Å²) >= 11 is 1.31. The number of rotatable bonds is 5. The summed E-state index contributed by atoms with van der Waals surface area (Å²) < 4.78 is 26.3. The van der Waals surface area contributed by atoms with Gasteiger partial charge in [0.25, 0.3) is 5.69 Å². The fraction of sp³-hybridized carbons (Fsp3) is 0.158. The second-order valence-corrected chi connectivity index (χ2v) is 6.77. The molecule has 0 aliphatic carbocycles. The molecule has 0 saturated carbocycles. The number of aromatic nitrogens is 1. The molecule has 0 N–H and O–H groups in total. The number of fused-ring (bicyclic) bond motifs is 1. The Hall–Kier alpha value is -3.05. The lowest BCUT2D eigenvalue weighted by Crippen LogP contribution is -2.13. The molecule has 2 heterocycles. The first-order valence-electron chi connectivity index (χ1n) is 8.66. The van der Waals surface area contributed by atoms with Crippen molar-refractivity contribution in [2.45, 2.75) is 6.92 Å². The van der Waals surface area contributed by atoms with Crippen molar-refractivity contribution < 1.29 is 18.8 Å². The van der Waals surface area contributed by atoms with E-state index in [-0.39, 0.29) is 35.0 Å². The fourth-order valence-electron chi connectivity index (χ4n) is 2.84. The minimum Gasteiger partial charge on any atom is -0.454 e. The predicted molar refractivity (Wildman–Crippen MR) is 116 cm³/mol. The Labute approximate surface area is 184 Å². The average molecular weight is 495 g/mol. The minimum absolute atomic E-state index is 0. The molecule has 0 radical (unpaired) electrons. The van der Waals surface area contributed by atoms with Crippen molar-refractivity contribution in [3.8, 4) is 22.8 Å². The number of nitro groups is 1. The number of benzene rings is 2. The molecule has 30 heavy (non-hydrogen) atoms. The van der Waals surface area contributed by atoms with Crippen molar-refractivity contribution >= 4 is 40.2 Å². The molecule has 8 nitrogen and oxygen atoms in total. The molecular weight excluding hydrogens is 479 g/mol. The van der Waals surface area contributed by atoms with E-state index in [0.29, 0.717) is 34.1 Å². The van der Waals surface area contributed by atoms with Crippen molar-refractivity contribution in [2.75, 3.05) is 13.3 Å². The van der Waals surface area contributed by atoms with Gasteiger partial charge in [-0.3, -0.25) is 15.1 Å². The summed E-state index contributed by atoms with van der Waals surface area (Å²) in [4.78, 5) is 15.9. The van der Waals surface area contributed by atoms with E-state index in [0.717, 1.165) is 0 Å². The van der Waals surface area contributed by atoms with Crippen LogP contribution in [0.5, 0.6) is 11.5 Å². The zero-order chi connectivity index (χ0) is 20.4. The van der Waals surface area contributed by atoms with Crippen molar-refractivity contribution in [3.05, 3.63) is 68.1 Å². The van der Waals surface area contributed by atoms with Gasteiger partial charge >= 0.3 is 0 Å². The van der Waals surface area contributed by atoms with Crippen LogP contribution in [0.15, 0.2) is 51.9 Å². The van der Waals surface area contributed by atoms with E-state index in [1.807, 2.05) is 6.92 Å². The van der Waals surface area contributed by atoms with Crippen molar-refractivity contribution in [1.82, 2.24) is 4.68 Å². The van der Waals surface area contributed by atoms with Gasteiger partial charge in [0.05, 0.1) is 28.5 Å². The van der Waals surface area contributed by atoms with Gasteiger partial charge in [0.2, 0.25) is 11.6 Å². The Morgan fingerprint density at radius 1 is 1.30 bits per heavy atom. The molecule has 0 unspecified atom stereocenters. The van der Waals surface area contributed by atoms with Gasteiger partial charge in [-0.1, -0.05) is 12.1 Å². The second-order valence-electron chi connectivity index (χ2n) is 5.94. The average Bonchev–Trinajstić information content (AvgIpc) is 3.32. The second kappa shape index (κ2) is 9.18. The SMILES string of the molecule is Br.CCN=c1scc(-c2ccccc2F)n1N=Cc1cc2c(cc1[N+](=O)[O-])OCO2. The Bertz CT molecular complexity index is 1190. The van der Waals surface area contributed by atoms with Crippen LogP contribution in [0, 0.1) is 15.9 Å². The molecule has 0 amide bonds. The van der Waals surface area contributed by atoms with E-state index in [9.17, 15) is 14.5 Å². The highest BCUT2D eigenvalue weighted by atomic mass is 79.9. The summed E-state index contributed by atoms with van der Waals surface area (Å²) in [6.45, 7) is 2.39. The predicted octanol–water partition coefficient (Wildman–Crippen LogP) is 4.37. The molecule has 0 saturated heterocycles. The van der Waals surface area contributed by atoms with Crippen LogP contribution in [-0.2, 0) is 0 Å². The first kappa shape index (κ1) is 21.7. The van der Waals surface area contributed by atoms with Gasteiger partial charge in [0.15, 0.2) is 11.5 Å². The van der Waals surface area contributed by atoms with Gasteiger partial charge in [-0.2, -0.15) is 5.10 Å². The largest absolute Gasteiger partial charge is 0.454 e. The highest BCUT2D eigenvalue weighted by molar-refractivity contribution is 8.93. The zero-order valence-electron chi connectivity index (χ0n) is 15.6. The zero-order valence-corrected chi connectivity index (χ0v) is 18.2. The van der Waals surface area contributed by atoms with Crippen molar-refractivity contribution in [3.63, 3.8) is 0 Å². The summed E-state index contributed by atoms with van der Waals surface area (Å²) in [5, 5.41) is 17.6. The minimum atomic E-state index is -0.517. The Balaban J connectivity index is 0.00000256. The van der Waals surface area contributed by atoms with Crippen LogP contribution >= 0.6 is 28.3 Å². The molecule has 0 bridgehead atoms. The topological polar surface area (TPSA) is 91.2 Å². The molecule has 3 aromatic rings. The summed E-state index contributed by atoms with van der Waals surface area (Å²) in [7, 11) is 0. The van der Waals surface area contributed by atoms with Gasteiger partial charge < -0.3 is 9.47 Å². The number of hydrogen-bond acceptors (Lipinski definition) is 7. The number of ether oxygens (including phenoxy) is 2. The molecule has 1 aliphatic rings. The van der Waals surface area contributed by atoms with Crippen LogP contribution in [0.3, 0.4) is 0 Å². The Kier molecular flexibility index (Phi) is 6.63. The molecule has 2 aromatic carbocycles. The standard InChI is InChI=1S/C19H15FN4O4S.BrH/c1-2-21-19-23(16(10-29-19)13-5-3-4-6-14(13)20)22-9-12-7-17-18(28-11-27-17)8-15(12)24(25)26;/h3-10H,2,11H2,1H3;1H. The third kappa shape index (κ3) is 4.12. The molecule has 11 heteroatoms. The molecule has 0 spiro atoms. The third-order valence-corrected chi connectivity index (χ3v) is 5.01. The van der Waals surface area contributed by atoms with E-state index in [1.54, 1.807) is 23.6 Å². The first-order chi connectivity index (χ1) is 14.1. The van der Waals surface area contributed by atoms with Gasteiger partial charge in [0.1, 0.15) is 5.82 Å². The Morgan fingerprint density at radius 2 is 2.03 bits per heavy atom. The lowest BCUT2D eigenvalue weighted by atomic mass is 10.1. The van der Waals surface area contributed by atoms with Gasteiger partial charge in [0, 0.05) is 17.5 Å². The molecule has 0 fully saturated rings. The van der Waals surface area contributed by atoms with Crippen LogP contribution in [-0.4, -0.2) is 29.2 Å². The molecular formula is C19H16BrFN4O4S. The number of halogens is 2. The molecule has 1 aliphatic heterocycles. The van der Waals surface area contributed by atoms with E-state index >= 15 is 0 Å². The van der Waals surface area contributed by atoms with Crippen LogP contribution in [0.1, 0.15) is 12.5 Å². The Morgan fingerprint density at radius 3 is 2.73 bits per heavy atom. The molecule has 1 aromatic heterocycles. The van der Waals surface area contributed by atoms with Crippen LogP contribution in [0.25, 0.3) is 11.3 Å². The van der Waals surface area contributed by atoms with Crippen LogP contribution in [0.4, 0.5) is 10.1 Å². The van der Waals surface area contributed by atoms with E-state index < -0.39 is 10.7 Å². The highest BCUT2D eigenvalue weighted by Gasteiger charge is 2.22. The number of nitrogens with zero attached hydrogens (tertiary/aromatic N) is 4. The van der Waals surface area contributed by atoms with Gasteiger partial charge in [-0.05, 0) is 25.1 Å². The lowest BCUT2D eigenvalue weighted by Gasteiger charge is -2.05. The maximum Gasteiger partial charge on any atom is 0.282 e. The van der Waals surface area contributed by atoms with Crippen molar-refractivity contribution in [1.29, 1.82) is 0 Å². The van der Waals surface area contributed by atoms with Crippen molar-refractivity contribution in [2.24, 2.45) is 10.1 Å². The molecule has 0 atom stereocenters. The van der Waals surface area contributed by atoms with Gasteiger partial charge in [-0.25, -0.2) is 9.07 Å². The molecule has 4 rings (SSSR count). The maximum atomic E-state index is 14.3. The fourth-order valence-corrected chi connectivity index (χ4v) is 3.73. The first-order valence-corrected chi connectivity index (χ1v) is 9.54. The third-order valence-electron chi connectivity index (χ3n) is 4.16. The summed E-state index contributed by atoms with van der Waals surface area (Å²) in [5.74, 6) is 0.317. The van der Waals surface area contributed by atoms with Crippen LogP contribution < -0.4 is 14.3 Å². The monoisotopic (exact) mass is 494 g/mol. The smallest absolute Gasteiger partial charge is 0.282 e. The summed E-state index contributed by atoms with van der Waals surface area (Å²) in [6.07, 6.45) is 1.34. The quantitative estimate of drug-likeness (QED) is 0.299. The lowest BCUT2D eigenvalue weighted by molar-refractivity contribution is -0.385. The van der Waals surface area contributed by atoms with E-state index in [4.69, 9.17) is 9.47 Å². The number of hydrogen-bond donors (Lipinski definition) is 0. The van der Waals surface area contributed by atoms with Crippen LogP contribution in [0.2, 0.25) is 0 Å². The number of nitro benzene ring substituents is 1. The highest BCUT2D eigenvalue weighted by Crippen LogP contribution is 2.37. The number of thiazole rings is 1. The normalized spacial score (nSPS) is 12.9. The van der Waals surface area contributed by atoms with E-state index in [1.165, 1.54) is 40.4 Å². The molecule has 156 valence electrons. The van der Waals surface area contributed by atoms with Gasteiger partial charge in [-0.15, -0.1) is 28.3 Å². The summed E-state index contributed by atoms with van der Waals surface area (Å²) in [5.41, 5.74) is 0.925. The maximum absolute atomic E-state index is 14.3. The summed E-state index contributed by atoms with van der Waals surface area (Å²) in [6, 6.07) is 9.13. The van der Waals surface area contributed by atoms with E-state index in [2.05, 4.69) is 10.1 Å².